The summed E-state index contributed by atoms with van der Waals surface area (Å²) >= 11 is 1.44. The van der Waals surface area contributed by atoms with Crippen molar-refractivity contribution in [3.63, 3.8) is 0 Å². The number of piperazine rings is 1. The van der Waals surface area contributed by atoms with Gasteiger partial charge in [0.2, 0.25) is 11.8 Å². The highest BCUT2D eigenvalue weighted by atomic mass is 32.2. The fraction of sp³-hybridized carbons (Fsp3) is 0.391. The Hall–Kier alpha value is -2.34. The third-order valence-corrected chi connectivity index (χ3v) is 6.33. The molecule has 3 rings (SSSR count). The van der Waals surface area contributed by atoms with Gasteiger partial charge in [-0.05, 0) is 49.1 Å². The molecule has 0 atom stereocenters. The van der Waals surface area contributed by atoms with Crippen LogP contribution in [-0.2, 0) is 16.0 Å². The molecule has 0 N–H and O–H groups in total. The number of rotatable bonds is 7. The van der Waals surface area contributed by atoms with Crippen molar-refractivity contribution in [2.24, 2.45) is 0 Å². The van der Waals surface area contributed by atoms with E-state index >= 15 is 0 Å². The van der Waals surface area contributed by atoms with Crippen molar-refractivity contribution in [1.29, 1.82) is 0 Å². The molecule has 0 spiro atoms. The van der Waals surface area contributed by atoms with Crippen LogP contribution >= 0.6 is 11.8 Å². The van der Waals surface area contributed by atoms with E-state index in [1.54, 1.807) is 6.07 Å². The zero-order chi connectivity index (χ0) is 20.6. The minimum Gasteiger partial charge on any atom is -0.339 e. The molecule has 6 heteroatoms. The molecule has 1 saturated heterocycles. The lowest BCUT2D eigenvalue weighted by atomic mass is 10.1. The first-order chi connectivity index (χ1) is 14.0. The second kappa shape index (κ2) is 10.4. The van der Waals surface area contributed by atoms with Gasteiger partial charge in [-0.1, -0.05) is 30.3 Å². The monoisotopic (exact) mass is 414 g/mol. The Kier molecular flexibility index (Phi) is 7.69. The molecule has 2 aromatic carbocycles. The van der Waals surface area contributed by atoms with Gasteiger partial charge in [-0.2, -0.15) is 0 Å². The zero-order valence-corrected chi connectivity index (χ0v) is 17.6. The van der Waals surface area contributed by atoms with Crippen LogP contribution in [0.1, 0.15) is 24.0 Å². The van der Waals surface area contributed by atoms with Gasteiger partial charge in [0.25, 0.3) is 0 Å². The molecule has 2 amide bonds. The summed E-state index contributed by atoms with van der Waals surface area (Å²) in [5.41, 5.74) is 2.10. The molecular formula is C23H27FN2O2S. The number of hydrogen-bond donors (Lipinski definition) is 0. The molecule has 2 aromatic rings. The van der Waals surface area contributed by atoms with Crippen molar-refractivity contribution in [2.45, 2.75) is 31.1 Å². The van der Waals surface area contributed by atoms with E-state index in [9.17, 15) is 14.0 Å². The van der Waals surface area contributed by atoms with Crippen molar-refractivity contribution >= 4 is 23.6 Å². The number of hydrogen-bond acceptors (Lipinski definition) is 3. The zero-order valence-electron chi connectivity index (χ0n) is 16.8. The molecule has 1 aliphatic heterocycles. The Morgan fingerprint density at radius 3 is 2.28 bits per heavy atom. The lowest BCUT2D eigenvalue weighted by Gasteiger charge is -2.35. The van der Waals surface area contributed by atoms with E-state index in [-0.39, 0.29) is 17.6 Å². The summed E-state index contributed by atoms with van der Waals surface area (Å²) < 4.78 is 13.2. The number of carbonyl (C=O) groups excluding carboxylic acids is 2. The van der Waals surface area contributed by atoms with Crippen LogP contribution in [-0.4, -0.2) is 53.5 Å². The van der Waals surface area contributed by atoms with Crippen molar-refractivity contribution in [3.05, 3.63) is 65.5 Å². The largest absolute Gasteiger partial charge is 0.339 e. The Morgan fingerprint density at radius 2 is 1.62 bits per heavy atom. The van der Waals surface area contributed by atoms with Crippen LogP contribution in [0.3, 0.4) is 0 Å². The number of halogens is 1. The van der Waals surface area contributed by atoms with E-state index in [2.05, 4.69) is 12.1 Å². The van der Waals surface area contributed by atoms with Gasteiger partial charge in [0.15, 0.2) is 0 Å². The van der Waals surface area contributed by atoms with Crippen LogP contribution < -0.4 is 0 Å². The van der Waals surface area contributed by atoms with Gasteiger partial charge in [0, 0.05) is 37.5 Å². The molecule has 1 heterocycles. The molecule has 0 saturated carbocycles. The topological polar surface area (TPSA) is 40.6 Å². The summed E-state index contributed by atoms with van der Waals surface area (Å²) in [5, 5.41) is 0. The predicted octanol–water partition coefficient (Wildman–Crippen LogP) is 3.92. The molecular weight excluding hydrogens is 387 g/mol. The van der Waals surface area contributed by atoms with Crippen molar-refractivity contribution in [2.75, 3.05) is 31.9 Å². The maximum atomic E-state index is 13.2. The SMILES string of the molecule is Cc1cc(F)ccc1SCC(=O)N1CCN(C(=O)CCCc2ccccc2)CC1. The first-order valence-electron chi connectivity index (χ1n) is 10.0. The summed E-state index contributed by atoms with van der Waals surface area (Å²) in [6, 6.07) is 14.8. The summed E-state index contributed by atoms with van der Waals surface area (Å²) in [6.07, 6.45) is 2.29. The molecule has 0 aliphatic carbocycles. The van der Waals surface area contributed by atoms with Gasteiger partial charge in [0.1, 0.15) is 5.82 Å². The van der Waals surface area contributed by atoms with Crippen LogP contribution in [0.4, 0.5) is 4.39 Å². The van der Waals surface area contributed by atoms with Crippen LogP contribution in [0.2, 0.25) is 0 Å². The maximum Gasteiger partial charge on any atom is 0.233 e. The highest BCUT2D eigenvalue weighted by Gasteiger charge is 2.23. The molecule has 0 radical (unpaired) electrons. The van der Waals surface area contributed by atoms with E-state index in [4.69, 9.17) is 0 Å². The third kappa shape index (κ3) is 6.32. The highest BCUT2D eigenvalue weighted by Crippen LogP contribution is 2.23. The van der Waals surface area contributed by atoms with E-state index in [0.717, 1.165) is 23.3 Å². The first-order valence-corrected chi connectivity index (χ1v) is 11.0. The van der Waals surface area contributed by atoms with Gasteiger partial charge in [-0.3, -0.25) is 9.59 Å². The Bertz CT molecular complexity index is 836. The minimum absolute atomic E-state index is 0.0647. The lowest BCUT2D eigenvalue weighted by Crippen LogP contribution is -2.51. The Labute approximate surface area is 176 Å². The lowest BCUT2D eigenvalue weighted by molar-refractivity contribution is -0.138. The molecule has 0 unspecified atom stereocenters. The normalized spacial score (nSPS) is 14.1. The molecule has 1 aliphatic rings. The fourth-order valence-corrected chi connectivity index (χ4v) is 4.37. The van der Waals surface area contributed by atoms with E-state index in [1.165, 1.54) is 29.5 Å². The number of carbonyl (C=O) groups is 2. The quantitative estimate of drug-likeness (QED) is 0.645. The summed E-state index contributed by atoms with van der Waals surface area (Å²) in [4.78, 5) is 29.5. The minimum atomic E-state index is -0.261. The molecule has 1 fully saturated rings. The number of nitrogens with zero attached hydrogens (tertiary/aromatic N) is 2. The van der Waals surface area contributed by atoms with Crippen LogP contribution in [0.5, 0.6) is 0 Å². The van der Waals surface area contributed by atoms with Crippen molar-refractivity contribution in [3.8, 4) is 0 Å². The van der Waals surface area contributed by atoms with Crippen molar-refractivity contribution in [1.82, 2.24) is 9.80 Å². The molecule has 4 nitrogen and oxygen atoms in total. The molecule has 29 heavy (non-hydrogen) atoms. The second-order valence-electron chi connectivity index (χ2n) is 7.30. The molecule has 154 valence electrons. The number of thioether (sulfide) groups is 1. The van der Waals surface area contributed by atoms with E-state index in [1.807, 2.05) is 34.9 Å². The van der Waals surface area contributed by atoms with Crippen LogP contribution in [0, 0.1) is 12.7 Å². The van der Waals surface area contributed by atoms with Crippen LogP contribution in [0.25, 0.3) is 0 Å². The molecule has 0 bridgehead atoms. The Morgan fingerprint density at radius 1 is 0.966 bits per heavy atom. The second-order valence-corrected chi connectivity index (χ2v) is 8.32. The van der Waals surface area contributed by atoms with Gasteiger partial charge < -0.3 is 9.80 Å². The van der Waals surface area contributed by atoms with Gasteiger partial charge in [-0.15, -0.1) is 11.8 Å². The average molecular weight is 415 g/mol. The van der Waals surface area contributed by atoms with Crippen molar-refractivity contribution < 1.29 is 14.0 Å². The van der Waals surface area contributed by atoms with Gasteiger partial charge >= 0.3 is 0 Å². The number of benzene rings is 2. The summed E-state index contributed by atoms with van der Waals surface area (Å²) in [7, 11) is 0. The fourth-order valence-electron chi connectivity index (χ4n) is 3.46. The predicted molar refractivity (Wildman–Crippen MR) is 114 cm³/mol. The Balaban J connectivity index is 1.37. The standard InChI is InChI=1S/C23H27FN2O2S/c1-18-16-20(24)10-11-21(18)29-17-23(28)26-14-12-25(13-15-26)22(27)9-5-8-19-6-3-2-4-7-19/h2-4,6-7,10-11,16H,5,8-9,12-15,17H2,1H3. The number of aryl methyl sites for hydroxylation is 2. The highest BCUT2D eigenvalue weighted by molar-refractivity contribution is 8.00. The van der Waals surface area contributed by atoms with E-state index in [0.29, 0.717) is 38.4 Å². The first kappa shape index (κ1) is 21.4. The maximum absolute atomic E-state index is 13.2. The van der Waals surface area contributed by atoms with Crippen LogP contribution in [0.15, 0.2) is 53.4 Å². The average Bonchev–Trinajstić information content (AvgIpc) is 2.74. The number of amides is 2. The smallest absolute Gasteiger partial charge is 0.233 e. The third-order valence-electron chi connectivity index (χ3n) is 5.17. The van der Waals surface area contributed by atoms with E-state index < -0.39 is 0 Å². The summed E-state index contributed by atoms with van der Waals surface area (Å²) in [6.45, 7) is 4.18. The molecule has 0 aromatic heterocycles. The van der Waals surface area contributed by atoms with Gasteiger partial charge in [0.05, 0.1) is 5.75 Å². The van der Waals surface area contributed by atoms with Gasteiger partial charge in [-0.25, -0.2) is 4.39 Å². The summed E-state index contributed by atoms with van der Waals surface area (Å²) in [5.74, 6) is 0.305.